The Hall–Kier alpha value is -2.73. The van der Waals surface area contributed by atoms with Gasteiger partial charge in [0, 0.05) is 51.1 Å². The first-order valence-electron chi connectivity index (χ1n) is 8.80. The first-order valence-corrected chi connectivity index (χ1v) is 8.80. The molecule has 1 amide bonds. The summed E-state index contributed by atoms with van der Waals surface area (Å²) >= 11 is 0. The molecule has 26 heavy (non-hydrogen) atoms. The molecule has 3 heterocycles. The van der Waals surface area contributed by atoms with Crippen molar-refractivity contribution in [3.05, 3.63) is 65.9 Å². The Morgan fingerprint density at radius 1 is 1.19 bits per heavy atom. The minimum absolute atomic E-state index is 0.0335. The van der Waals surface area contributed by atoms with Gasteiger partial charge in [-0.3, -0.25) is 9.78 Å². The molecule has 0 N–H and O–H groups in total. The number of aromatic nitrogens is 3. The van der Waals surface area contributed by atoms with Gasteiger partial charge in [0.05, 0.1) is 5.56 Å². The van der Waals surface area contributed by atoms with Crippen molar-refractivity contribution in [2.75, 3.05) is 27.2 Å². The van der Waals surface area contributed by atoms with Gasteiger partial charge in [0.1, 0.15) is 5.65 Å². The summed E-state index contributed by atoms with van der Waals surface area (Å²) in [4.78, 5) is 25.1. The molecular formula is C20H25N5O. The number of nitrogens with zero attached hydrogens (tertiary/aromatic N) is 5. The molecule has 3 rings (SSSR count). The lowest BCUT2D eigenvalue weighted by Crippen LogP contribution is -2.30. The van der Waals surface area contributed by atoms with E-state index in [9.17, 15) is 4.79 Å². The summed E-state index contributed by atoms with van der Waals surface area (Å²) in [5, 5.41) is 0. The number of hydrogen-bond acceptors (Lipinski definition) is 4. The zero-order valence-corrected chi connectivity index (χ0v) is 15.6. The van der Waals surface area contributed by atoms with E-state index in [1.165, 1.54) is 11.1 Å². The molecule has 0 saturated carbocycles. The number of amides is 1. The summed E-state index contributed by atoms with van der Waals surface area (Å²) in [5.74, 6) is 0.0335. The van der Waals surface area contributed by atoms with Gasteiger partial charge in [-0.25, -0.2) is 4.98 Å². The number of hydrogen-bond donors (Lipinski definition) is 0. The summed E-state index contributed by atoms with van der Waals surface area (Å²) in [7, 11) is 3.95. The summed E-state index contributed by atoms with van der Waals surface area (Å²) in [6.07, 6.45) is 10.1. The third-order valence-electron chi connectivity index (χ3n) is 4.40. The van der Waals surface area contributed by atoms with Crippen molar-refractivity contribution < 1.29 is 4.79 Å². The Labute approximate surface area is 154 Å². The summed E-state index contributed by atoms with van der Waals surface area (Å²) in [5.41, 5.74) is 3.91. The van der Waals surface area contributed by atoms with Crippen LogP contribution in [-0.2, 0) is 6.54 Å². The molecule has 0 radical (unpaired) electrons. The normalized spacial score (nSPS) is 11.2. The quantitative estimate of drug-likeness (QED) is 0.657. The third-order valence-corrected chi connectivity index (χ3v) is 4.40. The molecule has 0 fully saturated rings. The second-order valence-corrected chi connectivity index (χ2v) is 6.80. The van der Waals surface area contributed by atoms with Crippen molar-refractivity contribution in [3.63, 3.8) is 0 Å². The summed E-state index contributed by atoms with van der Waals surface area (Å²) in [6.45, 7) is 4.56. The van der Waals surface area contributed by atoms with Gasteiger partial charge in [-0.15, -0.1) is 0 Å². The third kappa shape index (κ3) is 4.46. The van der Waals surface area contributed by atoms with Crippen LogP contribution in [-0.4, -0.2) is 57.3 Å². The van der Waals surface area contributed by atoms with E-state index in [1.54, 1.807) is 11.1 Å². The van der Waals surface area contributed by atoms with Crippen LogP contribution < -0.4 is 0 Å². The second-order valence-electron chi connectivity index (χ2n) is 6.80. The minimum atomic E-state index is 0.0335. The van der Waals surface area contributed by atoms with E-state index >= 15 is 0 Å². The molecular weight excluding hydrogens is 326 g/mol. The van der Waals surface area contributed by atoms with Gasteiger partial charge < -0.3 is 14.2 Å². The van der Waals surface area contributed by atoms with Crippen molar-refractivity contribution in [2.45, 2.75) is 19.9 Å². The lowest BCUT2D eigenvalue weighted by molar-refractivity contribution is 0.0789. The maximum Gasteiger partial charge on any atom is 0.255 e. The van der Waals surface area contributed by atoms with E-state index in [-0.39, 0.29) is 5.91 Å². The van der Waals surface area contributed by atoms with Gasteiger partial charge in [0.15, 0.2) is 0 Å². The Morgan fingerprint density at radius 2 is 2.04 bits per heavy atom. The van der Waals surface area contributed by atoms with Gasteiger partial charge in [0.2, 0.25) is 0 Å². The number of carbonyl (C=O) groups excluding carboxylic acids is 1. The zero-order chi connectivity index (χ0) is 18.5. The number of aryl methyl sites for hydroxylation is 1. The van der Waals surface area contributed by atoms with Gasteiger partial charge in [-0.05, 0) is 50.2 Å². The number of rotatable bonds is 7. The number of pyridine rings is 2. The summed E-state index contributed by atoms with van der Waals surface area (Å²) < 4.78 is 1.87. The second kappa shape index (κ2) is 8.10. The Kier molecular flexibility index (Phi) is 5.63. The molecule has 0 aliphatic carbocycles. The predicted octanol–water partition coefficient (Wildman–Crippen LogP) is 2.63. The van der Waals surface area contributed by atoms with E-state index in [1.807, 2.05) is 48.4 Å². The van der Waals surface area contributed by atoms with Crippen molar-refractivity contribution >= 4 is 11.6 Å². The van der Waals surface area contributed by atoms with Crippen molar-refractivity contribution in [2.24, 2.45) is 0 Å². The van der Waals surface area contributed by atoms with Crippen LogP contribution in [0.3, 0.4) is 0 Å². The zero-order valence-electron chi connectivity index (χ0n) is 15.6. The maximum absolute atomic E-state index is 12.6. The van der Waals surface area contributed by atoms with Crippen molar-refractivity contribution in [1.29, 1.82) is 0 Å². The minimum Gasteiger partial charge on any atom is -0.342 e. The highest BCUT2D eigenvalue weighted by atomic mass is 16.2. The number of carbonyl (C=O) groups is 1. The molecule has 6 heteroatoms. The smallest absolute Gasteiger partial charge is 0.255 e. The molecule has 0 atom stereocenters. The fraction of sp³-hybridized carbons (Fsp3) is 0.350. The molecule has 0 spiro atoms. The summed E-state index contributed by atoms with van der Waals surface area (Å²) in [6, 6.07) is 5.86. The Morgan fingerprint density at radius 3 is 2.85 bits per heavy atom. The average Bonchev–Trinajstić information content (AvgIpc) is 3.08. The monoisotopic (exact) mass is 351 g/mol. The predicted molar refractivity (Wildman–Crippen MR) is 102 cm³/mol. The van der Waals surface area contributed by atoms with Crippen LogP contribution in [0.5, 0.6) is 0 Å². The van der Waals surface area contributed by atoms with Crippen LogP contribution in [0.2, 0.25) is 0 Å². The van der Waals surface area contributed by atoms with Crippen LogP contribution in [0, 0.1) is 6.92 Å². The van der Waals surface area contributed by atoms with Crippen molar-refractivity contribution in [1.82, 2.24) is 24.2 Å². The first-order chi connectivity index (χ1) is 12.5. The SMILES string of the molecule is Cc1cncc(CN(C)CCCN(C)C(=O)c2ccc3nccn3c2)c1. The fourth-order valence-corrected chi connectivity index (χ4v) is 3.04. The Bertz CT molecular complexity index is 889. The lowest BCUT2D eigenvalue weighted by Gasteiger charge is -2.21. The molecule has 0 bridgehead atoms. The van der Waals surface area contributed by atoms with Crippen LogP contribution in [0.25, 0.3) is 5.65 Å². The van der Waals surface area contributed by atoms with Crippen LogP contribution in [0.15, 0.2) is 49.2 Å². The molecule has 0 unspecified atom stereocenters. The standard InChI is InChI=1S/C20H25N5O/c1-16-11-17(13-21-12-16)14-23(2)8-4-9-24(3)20(26)18-5-6-19-22-7-10-25(19)15-18/h5-7,10-13,15H,4,8-9,14H2,1-3H3. The number of fused-ring (bicyclic) bond motifs is 1. The first kappa shape index (κ1) is 18.1. The molecule has 0 aliphatic heterocycles. The fourth-order valence-electron chi connectivity index (χ4n) is 3.04. The van der Waals surface area contributed by atoms with Crippen LogP contribution in [0.4, 0.5) is 0 Å². The van der Waals surface area contributed by atoms with Crippen LogP contribution in [0.1, 0.15) is 27.9 Å². The molecule has 6 nitrogen and oxygen atoms in total. The van der Waals surface area contributed by atoms with Gasteiger partial charge >= 0.3 is 0 Å². The van der Waals surface area contributed by atoms with Crippen molar-refractivity contribution in [3.8, 4) is 0 Å². The lowest BCUT2D eigenvalue weighted by atomic mass is 10.2. The van der Waals surface area contributed by atoms with E-state index in [0.717, 1.165) is 31.7 Å². The van der Waals surface area contributed by atoms with Gasteiger partial charge in [-0.2, -0.15) is 0 Å². The highest BCUT2D eigenvalue weighted by molar-refractivity contribution is 5.94. The van der Waals surface area contributed by atoms with E-state index < -0.39 is 0 Å². The van der Waals surface area contributed by atoms with Gasteiger partial charge in [0.25, 0.3) is 5.91 Å². The Balaban J connectivity index is 1.48. The molecule has 3 aromatic heterocycles. The molecule has 0 aliphatic rings. The average molecular weight is 351 g/mol. The molecule has 136 valence electrons. The highest BCUT2D eigenvalue weighted by Gasteiger charge is 2.12. The highest BCUT2D eigenvalue weighted by Crippen LogP contribution is 2.09. The molecule has 0 aromatic carbocycles. The van der Waals surface area contributed by atoms with E-state index in [4.69, 9.17) is 0 Å². The maximum atomic E-state index is 12.6. The van der Waals surface area contributed by atoms with E-state index in [0.29, 0.717) is 5.56 Å². The molecule has 3 aromatic rings. The number of imidazole rings is 1. The topological polar surface area (TPSA) is 53.7 Å². The van der Waals surface area contributed by atoms with E-state index in [2.05, 4.69) is 34.9 Å². The molecule has 0 saturated heterocycles. The van der Waals surface area contributed by atoms with Crippen LogP contribution >= 0.6 is 0 Å². The largest absolute Gasteiger partial charge is 0.342 e. The van der Waals surface area contributed by atoms with Gasteiger partial charge in [-0.1, -0.05) is 6.07 Å².